The Morgan fingerprint density at radius 2 is 1.85 bits per heavy atom. The smallest absolute Gasteiger partial charge is 0.321 e. The fourth-order valence-electron chi connectivity index (χ4n) is 2.22. The lowest BCUT2D eigenvalue weighted by Crippen LogP contribution is -2.50. The summed E-state index contributed by atoms with van der Waals surface area (Å²) < 4.78 is 0. The Balaban J connectivity index is 1.79. The zero-order valence-electron chi connectivity index (χ0n) is 11.8. The van der Waals surface area contributed by atoms with Crippen molar-refractivity contribution in [2.45, 2.75) is 13.3 Å². The van der Waals surface area contributed by atoms with Crippen LogP contribution in [0.2, 0.25) is 0 Å². The van der Waals surface area contributed by atoms with E-state index in [1.54, 1.807) is 4.90 Å². The highest BCUT2D eigenvalue weighted by Crippen LogP contribution is 2.10. The zero-order valence-corrected chi connectivity index (χ0v) is 11.8. The van der Waals surface area contributed by atoms with Gasteiger partial charge in [-0.25, -0.2) is 4.79 Å². The van der Waals surface area contributed by atoms with Crippen LogP contribution >= 0.6 is 0 Å². The third-order valence-corrected chi connectivity index (χ3v) is 3.49. The number of rotatable bonds is 4. The predicted octanol–water partition coefficient (Wildman–Crippen LogP) is 1.64. The summed E-state index contributed by atoms with van der Waals surface area (Å²) in [5, 5.41) is 2.90. The summed E-state index contributed by atoms with van der Waals surface area (Å²) in [5.41, 5.74) is 1.99. The molecule has 1 aliphatic heterocycles. The average molecular weight is 274 g/mol. The molecule has 1 saturated heterocycles. The van der Waals surface area contributed by atoms with E-state index in [0.29, 0.717) is 19.5 Å². The van der Waals surface area contributed by atoms with Crippen molar-refractivity contribution in [2.24, 2.45) is 0 Å². The molecule has 20 heavy (non-hydrogen) atoms. The molecule has 1 aromatic carbocycles. The zero-order chi connectivity index (χ0) is 14.4. The summed E-state index contributed by atoms with van der Waals surface area (Å²) in [6.45, 7) is 5.75. The van der Waals surface area contributed by atoms with Crippen LogP contribution in [0.25, 0.3) is 0 Å². The minimum Gasteiger partial charge on any atom is -0.322 e. The van der Waals surface area contributed by atoms with Gasteiger partial charge in [0.05, 0.1) is 0 Å². The number of benzene rings is 1. The topological polar surface area (TPSA) is 52.7 Å². The first kappa shape index (κ1) is 14.5. The van der Waals surface area contributed by atoms with E-state index in [2.05, 4.69) is 10.2 Å². The van der Waals surface area contributed by atoms with Crippen molar-refractivity contribution in [3.8, 4) is 0 Å². The SMILES string of the molecule is Cc1ccc(NC(=O)N2CCN(CC[C]=O)CC2)cc1. The minimum absolute atomic E-state index is 0.0598. The molecule has 1 aliphatic rings. The molecule has 0 bridgehead atoms. The Morgan fingerprint density at radius 1 is 1.20 bits per heavy atom. The van der Waals surface area contributed by atoms with Gasteiger partial charge in [-0.15, -0.1) is 0 Å². The number of anilines is 1. The number of piperazine rings is 1. The van der Waals surface area contributed by atoms with Crippen LogP contribution in [0.15, 0.2) is 24.3 Å². The second-order valence-electron chi connectivity index (χ2n) is 5.02. The van der Waals surface area contributed by atoms with E-state index in [4.69, 9.17) is 0 Å². The first-order valence-corrected chi connectivity index (χ1v) is 6.89. The first-order valence-electron chi connectivity index (χ1n) is 6.89. The Bertz CT molecular complexity index is 451. The molecule has 0 spiro atoms. The Labute approximate surface area is 119 Å². The van der Waals surface area contributed by atoms with Gasteiger partial charge >= 0.3 is 6.03 Å². The van der Waals surface area contributed by atoms with E-state index in [0.717, 1.165) is 25.3 Å². The number of nitrogens with zero attached hydrogens (tertiary/aromatic N) is 2. The molecule has 1 N–H and O–H groups in total. The number of nitrogens with one attached hydrogen (secondary N) is 1. The molecule has 1 heterocycles. The molecular weight excluding hydrogens is 254 g/mol. The van der Waals surface area contributed by atoms with Crippen LogP contribution in [-0.4, -0.2) is 54.8 Å². The van der Waals surface area contributed by atoms with Crippen LogP contribution in [0.5, 0.6) is 0 Å². The molecule has 5 heteroatoms. The van der Waals surface area contributed by atoms with Crippen LogP contribution < -0.4 is 5.32 Å². The molecule has 2 rings (SSSR count). The molecule has 2 amide bonds. The van der Waals surface area contributed by atoms with E-state index < -0.39 is 0 Å². The highest BCUT2D eigenvalue weighted by atomic mass is 16.2. The lowest BCUT2D eigenvalue weighted by atomic mass is 10.2. The number of carbonyl (C=O) groups is 1. The van der Waals surface area contributed by atoms with Crippen molar-refractivity contribution >= 4 is 18.0 Å². The van der Waals surface area contributed by atoms with Crippen molar-refractivity contribution in [2.75, 3.05) is 38.0 Å². The number of hydrogen-bond acceptors (Lipinski definition) is 3. The van der Waals surface area contributed by atoms with E-state index in [1.807, 2.05) is 37.5 Å². The Morgan fingerprint density at radius 3 is 2.45 bits per heavy atom. The van der Waals surface area contributed by atoms with Crippen LogP contribution in [0.3, 0.4) is 0 Å². The molecule has 5 nitrogen and oxygen atoms in total. The van der Waals surface area contributed by atoms with Crippen LogP contribution in [-0.2, 0) is 4.79 Å². The van der Waals surface area contributed by atoms with Gasteiger partial charge < -0.3 is 10.2 Å². The molecule has 0 atom stereocenters. The maximum atomic E-state index is 12.1. The summed E-state index contributed by atoms with van der Waals surface area (Å²) in [5.74, 6) is 0. The van der Waals surface area contributed by atoms with Crippen molar-refractivity contribution in [1.29, 1.82) is 0 Å². The third kappa shape index (κ3) is 4.06. The quantitative estimate of drug-likeness (QED) is 0.908. The van der Waals surface area contributed by atoms with Gasteiger partial charge in [-0.3, -0.25) is 9.69 Å². The summed E-state index contributed by atoms with van der Waals surface area (Å²) in [6.07, 6.45) is 2.34. The number of carbonyl (C=O) groups excluding carboxylic acids is 2. The Hall–Kier alpha value is -1.88. The van der Waals surface area contributed by atoms with Crippen LogP contribution in [0.4, 0.5) is 10.5 Å². The molecule has 1 radical (unpaired) electrons. The minimum atomic E-state index is -0.0598. The maximum absolute atomic E-state index is 12.1. The average Bonchev–Trinajstić information content (AvgIpc) is 2.48. The third-order valence-electron chi connectivity index (χ3n) is 3.49. The summed E-state index contributed by atoms with van der Waals surface area (Å²) >= 11 is 0. The molecule has 0 aliphatic carbocycles. The normalized spacial score (nSPS) is 15.9. The highest BCUT2D eigenvalue weighted by Gasteiger charge is 2.20. The molecule has 107 valence electrons. The van der Waals surface area contributed by atoms with Crippen molar-refractivity contribution < 1.29 is 9.59 Å². The van der Waals surface area contributed by atoms with Crippen LogP contribution in [0, 0.1) is 6.92 Å². The summed E-state index contributed by atoms with van der Waals surface area (Å²) in [4.78, 5) is 26.3. The lowest BCUT2D eigenvalue weighted by Gasteiger charge is -2.34. The number of aryl methyl sites for hydroxylation is 1. The number of hydrogen-bond donors (Lipinski definition) is 1. The van der Waals surface area contributed by atoms with E-state index in [-0.39, 0.29) is 6.03 Å². The standard InChI is InChI=1S/C15H20N3O2/c1-13-3-5-14(6-4-13)16-15(20)18-10-8-17(9-11-18)7-2-12-19/h3-6H,2,7-11H2,1H3,(H,16,20). The molecule has 0 saturated carbocycles. The fourth-order valence-corrected chi connectivity index (χ4v) is 2.22. The van der Waals surface area contributed by atoms with Crippen molar-refractivity contribution in [3.05, 3.63) is 29.8 Å². The molecule has 1 fully saturated rings. The Kier molecular flexibility index (Phi) is 5.12. The lowest BCUT2D eigenvalue weighted by molar-refractivity contribution is 0.149. The van der Waals surface area contributed by atoms with Gasteiger partial charge in [-0.1, -0.05) is 17.7 Å². The fraction of sp³-hybridized carbons (Fsp3) is 0.467. The van der Waals surface area contributed by atoms with Gasteiger partial charge in [0.1, 0.15) is 0 Å². The second-order valence-corrected chi connectivity index (χ2v) is 5.02. The highest BCUT2D eigenvalue weighted by molar-refractivity contribution is 5.89. The molecule has 1 aromatic rings. The van der Waals surface area contributed by atoms with Gasteiger partial charge in [0.25, 0.3) is 0 Å². The van der Waals surface area contributed by atoms with E-state index in [1.165, 1.54) is 5.56 Å². The van der Waals surface area contributed by atoms with Crippen molar-refractivity contribution in [3.63, 3.8) is 0 Å². The van der Waals surface area contributed by atoms with Gasteiger partial charge in [0.2, 0.25) is 0 Å². The molecule has 0 unspecified atom stereocenters. The van der Waals surface area contributed by atoms with Gasteiger partial charge in [0.15, 0.2) is 6.29 Å². The van der Waals surface area contributed by atoms with Gasteiger partial charge in [0, 0.05) is 44.8 Å². The second kappa shape index (κ2) is 7.05. The molecular formula is C15H20N3O2. The summed E-state index contributed by atoms with van der Waals surface area (Å²) in [7, 11) is 0. The van der Waals surface area contributed by atoms with Crippen molar-refractivity contribution in [1.82, 2.24) is 9.80 Å². The predicted molar refractivity (Wildman–Crippen MR) is 78.5 cm³/mol. The number of amides is 2. The van der Waals surface area contributed by atoms with E-state index in [9.17, 15) is 9.59 Å². The van der Waals surface area contributed by atoms with Gasteiger partial charge in [-0.2, -0.15) is 0 Å². The van der Waals surface area contributed by atoms with Crippen LogP contribution in [0.1, 0.15) is 12.0 Å². The van der Waals surface area contributed by atoms with E-state index >= 15 is 0 Å². The van der Waals surface area contributed by atoms with Gasteiger partial charge in [-0.05, 0) is 19.1 Å². The monoisotopic (exact) mass is 274 g/mol. The summed E-state index contributed by atoms with van der Waals surface area (Å²) in [6, 6.07) is 7.70. The first-order chi connectivity index (χ1) is 9.69. The largest absolute Gasteiger partial charge is 0.322 e. The number of urea groups is 1. The molecule has 0 aromatic heterocycles. The maximum Gasteiger partial charge on any atom is 0.321 e.